The lowest BCUT2D eigenvalue weighted by molar-refractivity contribution is -0.00833. The first-order chi connectivity index (χ1) is 13.8. The van der Waals surface area contributed by atoms with Gasteiger partial charge in [0.2, 0.25) is 0 Å². The van der Waals surface area contributed by atoms with Crippen molar-refractivity contribution in [2.24, 2.45) is 4.99 Å². The summed E-state index contributed by atoms with van der Waals surface area (Å²) >= 11 is 0. The largest absolute Gasteiger partial charge is 0.370 e. The fraction of sp³-hybridized carbons (Fsp3) is 0.304. The van der Waals surface area contributed by atoms with Gasteiger partial charge in [0.1, 0.15) is 6.10 Å². The van der Waals surface area contributed by atoms with Crippen LogP contribution in [-0.4, -0.2) is 42.6 Å². The Bertz CT molecular complexity index is 986. The van der Waals surface area contributed by atoms with Crippen LogP contribution in [-0.2, 0) is 11.3 Å². The van der Waals surface area contributed by atoms with E-state index in [0.29, 0.717) is 13.2 Å². The van der Waals surface area contributed by atoms with Crippen LogP contribution in [0, 0.1) is 6.92 Å². The number of ether oxygens (including phenoxy) is 1. The average Bonchev–Trinajstić information content (AvgIpc) is 2.75. The van der Waals surface area contributed by atoms with Gasteiger partial charge in [0.25, 0.3) is 0 Å². The highest BCUT2D eigenvalue weighted by molar-refractivity contribution is 14.0. The molecule has 1 atom stereocenters. The van der Waals surface area contributed by atoms with Gasteiger partial charge >= 0.3 is 0 Å². The number of rotatable bonds is 3. The molecular formula is C23H27IN4O. The number of morpholine rings is 1. The lowest BCUT2D eigenvalue weighted by Crippen LogP contribution is -2.48. The minimum absolute atomic E-state index is 0. The summed E-state index contributed by atoms with van der Waals surface area (Å²) in [6.45, 7) is 5.13. The Kier molecular flexibility index (Phi) is 7.44. The number of pyridine rings is 1. The summed E-state index contributed by atoms with van der Waals surface area (Å²) in [4.78, 5) is 11.3. The number of guanidine groups is 1. The molecule has 0 spiro atoms. The lowest BCUT2D eigenvalue weighted by atomic mass is 10.0. The van der Waals surface area contributed by atoms with Gasteiger partial charge in [-0.1, -0.05) is 48.5 Å². The van der Waals surface area contributed by atoms with Crippen molar-refractivity contribution < 1.29 is 4.74 Å². The van der Waals surface area contributed by atoms with Gasteiger partial charge in [-0.3, -0.25) is 9.98 Å². The number of nitrogens with zero attached hydrogens (tertiary/aromatic N) is 3. The van der Waals surface area contributed by atoms with Crippen LogP contribution in [0.5, 0.6) is 0 Å². The summed E-state index contributed by atoms with van der Waals surface area (Å²) in [6, 6.07) is 18.8. The predicted octanol–water partition coefficient (Wildman–Crippen LogP) is 4.31. The number of halogens is 1. The van der Waals surface area contributed by atoms with Crippen molar-refractivity contribution in [3.8, 4) is 0 Å². The van der Waals surface area contributed by atoms with E-state index in [9.17, 15) is 0 Å². The van der Waals surface area contributed by atoms with E-state index < -0.39 is 0 Å². The average molecular weight is 502 g/mol. The summed E-state index contributed by atoms with van der Waals surface area (Å²) in [5, 5.41) is 4.67. The molecule has 1 fully saturated rings. The third-order valence-corrected chi connectivity index (χ3v) is 5.27. The van der Waals surface area contributed by atoms with Crippen LogP contribution >= 0.6 is 24.0 Å². The molecule has 1 saturated heterocycles. The lowest BCUT2D eigenvalue weighted by Gasteiger charge is -2.35. The molecule has 1 aromatic heterocycles. The summed E-state index contributed by atoms with van der Waals surface area (Å²) in [5.41, 5.74) is 4.72. The molecule has 1 N–H and O–H groups in total. The molecule has 2 heterocycles. The number of hydrogen-bond acceptors (Lipinski definition) is 3. The molecule has 0 radical (unpaired) electrons. The molecule has 1 aliphatic rings. The Balaban J connectivity index is 0.00000240. The topological polar surface area (TPSA) is 49.8 Å². The second kappa shape index (κ2) is 10.0. The zero-order valence-electron chi connectivity index (χ0n) is 16.8. The molecule has 0 saturated carbocycles. The molecule has 1 unspecified atom stereocenters. The Hall–Kier alpha value is -2.19. The van der Waals surface area contributed by atoms with Crippen molar-refractivity contribution in [1.29, 1.82) is 0 Å². The monoisotopic (exact) mass is 502 g/mol. The van der Waals surface area contributed by atoms with Gasteiger partial charge in [-0.2, -0.15) is 0 Å². The molecule has 6 heteroatoms. The van der Waals surface area contributed by atoms with E-state index in [4.69, 9.17) is 4.74 Å². The Morgan fingerprint density at radius 2 is 2.00 bits per heavy atom. The molecule has 0 amide bonds. The Labute approximate surface area is 189 Å². The summed E-state index contributed by atoms with van der Waals surface area (Å²) in [5.74, 6) is 0.898. The van der Waals surface area contributed by atoms with Crippen LogP contribution in [0.1, 0.15) is 22.8 Å². The van der Waals surface area contributed by atoms with E-state index in [1.165, 1.54) is 16.7 Å². The number of benzene rings is 2. The van der Waals surface area contributed by atoms with E-state index in [0.717, 1.165) is 30.0 Å². The molecule has 152 valence electrons. The molecule has 29 heavy (non-hydrogen) atoms. The number of fused-ring (bicyclic) bond motifs is 1. The van der Waals surface area contributed by atoms with Crippen LogP contribution in [0.25, 0.3) is 10.9 Å². The molecule has 1 aliphatic heterocycles. The van der Waals surface area contributed by atoms with Gasteiger partial charge in [-0.15, -0.1) is 24.0 Å². The number of aliphatic imine (C=N–C) groups is 1. The van der Waals surface area contributed by atoms with Crippen molar-refractivity contribution >= 4 is 40.8 Å². The third-order valence-electron chi connectivity index (χ3n) is 5.27. The number of aryl methyl sites for hydroxylation is 1. The zero-order valence-corrected chi connectivity index (χ0v) is 19.2. The fourth-order valence-electron chi connectivity index (χ4n) is 3.79. The fourth-order valence-corrected chi connectivity index (χ4v) is 3.79. The van der Waals surface area contributed by atoms with Gasteiger partial charge in [0, 0.05) is 31.7 Å². The molecule has 3 aromatic rings. The van der Waals surface area contributed by atoms with E-state index >= 15 is 0 Å². The standard InChI is InChI=1S/C23H26N4O.HI/c1-17-7-3-4-11-20(17)21-16-27(13-14-28-21)23(24-2)26-15-19-9-5-8-18-10-6-12-25-22(18)19;/h3-12,21H,13-16H2,1-2H3,(H,24,26);1H. The first-order valence-electron chi connectivity index (χ1n) is 9.71. The van der Waals surface area contributed by atoms with Crippen LogP contribution in [0.2, 0.25) is 0 Å². The predicted molar refractivity (Wildman–Crippen MR) is 129 cm³/mol. The third kappa shape index (κ3) is 4.87. The molecular weight excluding hydrogens is 475 g/mol. The molecule has 4 rings (SSSR count). The Morgan fingerprint density at radius 1 is 1.17 bits per heavy atom. The van der Waals surface area contributed by atoms with Crippen molar-refractivity contribution in [2.45, 2.75) is 19.6 Å². The minimum Gasteiger partial charge on any atom is -0.370 e. The smallest absolute Gasteiger partial charge is 0.194 e. The normalized spacial score (nSPS) is 17.1. The number of hydrogen-bond donors (Lipinski definition) is 1. The number of nitrogens with one attached hydrogen (secondary N) is 1. The molecule has 0 bridgehead atoms. The maximum atomic E-state index is 6.06. The van der Waals surface area contributed by atoms with Gasteiger partial charge < -0.3 is 15.0 Å². The van der Waals surface area contributed by atoms with Crippen molar-refractivity contribution in [3.05, 3.63) is 77.5 Å². The van der Waals surface area contributed by atoms with Gasteiger partial charge in [0.15, 0.2) is 5.96 Å². The molecule has 0 aliphatic carbocycles. The maximum Gasteiger partial charge on any atom is 0.194 e. The summed E-state index contributed by atoms with van der Waals surface area (Å²) in [6.07, 6.45) is 1.91. The molecule has 5 nitrogen and oxygen atoms in total. The van der Waals surface area contributed by atoms with Gasteiger partial charge in [0.05, 0.1) is 18.7 Å². The van der Waals surface area contributed by atoms with Gasteiger partial charge in [-0.25, -0.2) is 0 Å². The SMILES string of the molecule is CN=C(NCc1cccc2cccnc12)N1CCOC(c2ccccc2C)C1.I. The molecule has 2 aromatic carbocycles. The highest BCUT2D eigenvalue weighted by atomic mass is 127. The number of para-hydroxylation sites is 1. The highest BCUT2D eigenvalue weighted by Crippen LogP contribution is 2.25. The zero-order chi connectivity index (χ0) is 19.3. The van der Waals surface area contributed by atoms with Crippen LogP contribution in [0.15, 0.2) is 65.8 Å². The van der Waals surface area contributed by atoms with Gasteiger partial charge in [-0.05, 0) is 29.7 Å². The second-order valence-corrected chi connectivity index (χ2v) is 7.06. The summed E-state index contributed by atoms with van der Waals surface area (Å²) in [7, 11) is 1.84. The van der Waals surface area contributed by atoms with E-state index in [1.807, 2.05) is 19.3 Å². The van der Waals surface area contributed by atoms with Crippen LogP contribution in [0.4, 0.5) is 0 Å². The van der Waals surface area contributed by atoms with Crippen molar-refractivity contribution in [1.82, 2.24) is 15.2 Å². The first kappa shape index (κ1) is 21.5. The van der Waals surface area contributed by atoms with Crippen LogP contribution < -0.4 is 5.32 Å². The Morgan fingerprint density at radius 3 is 2.83 bits per heavy atom. The summed E-state index contributed by atoms with van der Waals surface area (Å²) < 4.78 is 6.06. The quantitative estimate of drug-likeness (QED) is 0.330. The van der Waals surface area contributed by atoms with Crippen LogP contribution in [0.3, 0.4) is 0 Å². The van der Waals surface area contributed by atoms with E-state index in [1.54, 1.807) is 0 Å². The minimum atomic E-state index is 0. The second-order valence-electron chi connectivity index (χ2n) is 7.06. The van der Waals surface area contributed by atoms with E-state index in [2.05, 4.69) is 75.6 Å². The first-order valence-corrected chi connectivity index (χ1v) is 9.71. The van der Waals surface area contributed by atoms with E-state index in [-0.39, 0.29) is 30.1 Å². The van der Waals surface area contributed by atoms with Crippen molar-refractivity contribution in [3.63, 3.8) is 0 Å². The highest BCUT2D eigenvalue weighted by Gasteiger charge is 2.25. The number of aromatic nitrogens is 1. The van der Waals surface area contributed by atoms with Crippen molar-refractivity contribution in [2.75, 3.05) is 26.7 Å². The maximum absolute atomic E-state index is 6.06.